The van der Waals surface area contributed by atoms with Crippen molar-refractivity contribution in [2.45, 2.75) is 38.0 Å². The molecule has 1 atom stereocenters. The van der Waals surface area contributed by atoms with E-state index in [1.54, 1.807) is 59.3 Å². The molecule has 0 unspecified atom stereocenters. The van der Waals surface area contributed by atoms with Gasteiger partial charge in [-0.1, -0.05) is 0 Å². The molecule has 0 radical (unpaired) electrons. The zero-order valence-electron chi connectivity index (χ0n) is 16.9. The number of nitrogens with zero attached hydrogens (tertiary/aromatic N) is 6. The Morgan fingerprint density at radius 2 is 2.10 bits per heavy atom. The lowest BCUT2D eigenvalue weighted by Crippen LogP contribution is -2.47. The average Bonchev–Trinajstić information content (AvgIpc) is 3.17. The summed E-state index contributed by atoms with van der Waals surface area (Å²) in [5, 5.41) is 12.1. The molecule has 30 heavy (non-hydrogen) atoms. The number of hydrogen-bond donors (Lipinski definition) is 1. The summed E-state index contributed by atoms with van der Waals surface area (Å²) in [7, 11) is -3.28. The van der Waals surface area contributed by atoms with Gasteiger partial charge in [-0.05, 0) is 44.9 Å². The first-order valence-electron chi connectivity index (χ1n) is 9.84. The molecule has 1 aliphatic heterocycles. The first kappa shape index (κ1) is 20.3. The number of hydrogen-bond acceptors (Lipinski definition) is 7. The second-order valence-electron chi connectivity index (χ2n) is 7.60. The van der Waals surface area contributed by atoms with Crippen LogP contribution in [0.4, 0.5) is 5.82 Å². The number of piperidine rings is 1. The van der Waals surface area contributed by atoms with Gasteiger partial charge in [0.25, 0.3) is 0 Å². The molecule has 0 spiro atoms. The summed E-state index contributed by atoms with van der Waals surface area (Å²) in [4.78, 5) is 13.3. The van der Waals surface area contributed by atoms with Crippen LogP contribution in [0.25, 0.3) is 17.2 Å². The van der Waals surface area contributed by atoms with Crippen molar-refractivity contribution in [2.75, 3.05) is 18.4 Å². The lowest BCUT2D eigenvalue weighted by atomic mass is 10.1. The van der Waals surface area contributed by atoms with Crippen LogP contribution < -0.4 is 5.32 Å². The number of nitriles is 1. The second-order valence-corrected chi connectivity index (χ2v) is 10.1. The lowest BCUT2D eigenvalue weighted by Gasteiger charge is -2.33. The van der Waals surface area contributed by atoms with Crippen molar-refractivity contribution in [3.05, 3.63) is 42.4 Å². The predicted octanol–water partition coefficient (Wildman–Crippen LogP) is 2.28. The highest BCUT2D eigenvalue weighted by Crippen LogP contribution is 2.22. The molecule has 3 aromatic rings. The Labute approximate surface area is 175 Å². The van der Waals surface area contributed by atoms with Gasteiger partial charge < -0.3 is 5.32 Å². The number of nitrogens with one attached hydrogen (secondary N) is 1. The Kier molecular flexibility index (Phi) is 5.40. The van der Waals surface area contributed by atoms with Crippen molar-refractivity contribution >= 4 is 21.5 Å². The number of rotatable bonds is 5. The Bertz CT molecular complexity index is 1210. The van der Waals surface area contributed by atoms with Gasteiger partial charge in [-0.3, -0.25) is 4.40 Å². The van der Waals surface area contributed by atoms with Gasteiger partial charge in [0.2, 0.25) is 10.0 Å². The fraction of sp³-hybridized carbons (Fsp3) is 0.400. The van der Waals surface area contributed by atoms with Crippen molar-refractivity contribution in [1.82, 2.24) is 23.7 Å². The van der Waals surface area contributed by atoms with Gasteiger partial charge >= 0.3 is 0 Å². The minimum absolute atomic E-state index is 0.0256. The highest BCUT2D eigenvalue weighted by Gasteiger charge is 2.31. The van der Waals surface area contributed by atoms with E-state index in [-0.39, 0.29) is 6.04 Å². The molecule has 1 N–H and O–H groups in total. The summed E-state index contributed by atoms with van der Waals surface area (Å²) in [6, 6.07) is 7.35. The maximum atomic E-state index is 12.5. The molecule has 156 valence electrons. The van der Waals surface area contributed by atoms with Crippen LogP contribution in [-0.4, -0.2) is 56.5 Å². The largest absolute Gasteiger partial charge is 0.366 e. The number of pyridine rings is 1. The topological polar surface area (TPSA) is 116 Å². The zero-order chi connectivity index (χ0) is 21.3. The lowest BCUT2D eigenvalue weighted by molar-refractivity contribution is 0.324. The number of aromatic nitrogens is 4. The van der Waals surface area contributed by atoms with E-state index >= 15 is 0 Å². The van der Waals surface area contributed by atoms with Crippen molar-refractivity contribution in [3.63, 3.8) is 0 Å². The van der Waals surface area contributed by atoms with Gasteiger partial charge in [0.05, 0.1) is 17.0 Å². The van der Waals surface area contributed by atoms with Crippen molar-refractivity contribution in [2.24, 2.45) is 0 Å². The van der Waals surface area contributed by atoms with Gasteiger partial charge in [-0.15, -0.1) is 0 Å². The molecule has 10 heteroatoms. The summed E-state index contributed by atoms with van der Waals surface area (Å²) in [6.45, 7) is 4.38. The van der Waals surface area contributed by atoms with Gasteiger partial charge in [0.15, 0.2) is 5.82 Å². The molecule has 4 rings (SSSR count). The van der Waals surface area contributed by atoms with Crippen LogP contribution >= 0.6 is 0 Å². The van der Waals surface area contributed by atoms with E-state index in [9.17, 15) is 8.42 Å². The van der Waals surface area contributed by atoms with Crippen molar-refractivity contribution in [3.8, 4) is 17.6 Å². The fourth-order valence-electron chi connectivity index (χ4n) is 3.57. The quantitative estimate of drug-likeness (QED) is 0.666. The standard InChI is InChI=1S/C20H23N7O2S/c1-14(2)30(28,29)26-9-3-4-16(13-26)24-18-7-8-22-20(25-18)17-11-23-19-6-5-15(10-21)12-27(17)19/h5-8,11-12,14,16H,3-4,9,13H2,1-2H3,(H,22,24,25)/t16-/m1/s1. The molecule has 9 nitrogen and oxygen atoms in total. The van der Waals surface area contributed by atoms with Crippen LogP contribution in [0.3, 0.4) is 0 Å². The molecule has 3 aromatic heterocycles. The number of fused-ring (bicyclic) bond motifs is 1. The summed E-state index contributed by atoms with van der Waals surface area (Å²) in [5.74, 6) is 1.10. The van der Waals surface area contributed by atoms with Gasteiger partial charge in [-0.25, -0.2) is 23.4 Å². The maximum absolute atomic E-state index is 12.5. The third-order valence-electron chi connectivity index (χ3n) is 5.21. The predicted molar refractivity (Wildman–Crippen MR) is 113 cm³/mol. The number of sulfonamides is 1. The summed E-state index contributed by atoms with van der Waals surface area (Å²) < 4.78 is 28.4. The van der Waals surface area contributed by atoms with E-state index in [0.29, 0.717) is 41.6 Å². The van der Waals surface area contributed by atoms with Crippen LogP contribution in [0, 0.1) is 11.3 Å². The molecule has 1 saturated heterocycles. The van der Waals surface area contributed by atoms with Crippen LogP contribution in [0.2, 0.25) is 0 Å². The van der Waals surface area contributed by atoms with Crippen molar-refractivity contribution in [1.29, 1.82) is 5.26 Å². The highest BCUT2D eigenvalue weighted by molar-refractivity contribution is 7.89. The van der Waals surface area contributed by atoms with E-state index in [0.717, 1.165) is 12.8 Å². The Morgan fingerprint density at radius 1 is 1.27 bits per heavy atom. The normalized spacial score (nSPS) is 17.9. The monoisotopic (exact) mass is 425 g/mol. The van der Waals surface area contributed by atoms with Crippen LogP contribution in [0.1, 0.15) is 32.3 Å². The third-order valence-corrected chi connectivity index (χ3v) is 7.45. The third kappa shape index (κ3) is 3.86. The van der Waals surface area contributed by atoms with Crippen LogP contribution in [0.5, 0.6) is 0 Å². The fourth-order valence-corrected chi connectivity index (χ4v) is 4.94. The Hall–Kier alpha value is -3.03. The molecule has 0 amide bonds. The van der Waals surface area contributed by atoms with E-state index < -0.39 is 15.3 Å². The summed E-state index contributed by atoms with van der Waals surface area (Å²) in [5.41, 5.74) is 1.90. The van der Waals surface area contributed by atoms with Gasteiger partial charge in [-0.2, -0.15) is 9.57 Å². The molecular formula is C20H23N7O2S. The van der Waals surface area contributed by atoms with E-state index in [1.807, 2.05) is 0 Å². The number of imidazole rings is 1. The molecule has 4 heterocycles. The molecular weight excluding hydrogens is 402 g/mol. The van der Waals surface area contributed by atoms with Crippen molar-refractivity contribution < 1.29 is 8.42 Å². The maximum Gasteiger partial charge on any atom is 0.216 e. The van der Waals surface area contributed by atoms with E-state index in [4.69, 9.17) is 5.26 Å². The first-order chi connectivity index (χ1) is 14.4. The van der Waals surface area contributed by atoms with Crippen LogP contribution in [-0.2, 0) is 10.0 Å². The van der Waals surface area contributed by atoms with Crippen LogP contribution in [0.15, 0.2) is 36.8 Å². The van der Waals surface area contributed by atoms with E-state index in [1.165, 1.54) is 0 Å². The molecule has 0 bridgehead atoms. The zero-order valence-corrected chi connectivity index (χ0v) is 17.7. The minimum atomic E-state index is -3.28. The first-order valence-corrected chi connectivity index (χ1v) is 11.3. The molecule has 0 aromatic carbocycles. The smallest absolute Gasteiger partial charge is 0.216 e. The Balaban J connectivity index is 1.57. The molecule has 1 fully saturated rings. The molecule has 0 aliphatic carbocycles. The molecule has 0 saturated carbocycles. The SMILES string of the molecule is CC(C)S(=O)(=O)N1CCC[C@@H](Nc2ccnc(-c3cnc4ccc(C#N)cn34)n2)C1. The number of anilines is 1. The van der Waals surface area contributed by atoms with Gasteiger partial charge in [0.1, 0.15) is 23.2 Å². The summed E-state index contributed by atoms with van der Waals surface area (Å²) >= 11 is 0. The Morgan fingerprint density at radius 3 is 2.87 bits per heavy atom. The molecule has 1 aliphatic rings. The summed E-state index contributed by atoms with van der Waals surface area (Å²) in [6.07, 6.45) is 6.70. The van der Waals surface area contributed by atoms with E-state index in [2.05, 4.69) is 26.3 Å². The minimum Gasteiger partial charge on any atom is -0.366 e. The second kappa shape index (κ2) is 8.01. The highest BCUT2D eigenvalue weighted by atomic mass is 32.2. The average molecular weight is 426 g/mol. The van der Waals surface area contributed by atoms with Gasteiger partial charge in [0, 0.05) is 31.5 Å².